The number of anilines is 1. The number of hydrogen-bond donors (Lipinski definition) is 1. The molecular formula is C17H20F2N2. The summed E-state index contributed by atoms with van der Waals surface area (Å²) in [5, 5.41) is 0. The number of benzene rings is 2. The summed E-state index contributed by atoms with van der Waals surface area (Å²) in [5.74, 6) is -0.581. The van der Waals surface area contributed by atoms with Gasteiger partial charge in [0.25, 0.3) is 0 Å². The van der Waals surface area contributed by atoms with Gasteiger partial charge in [0.1, 0.15) is 11.6 Å². The molecule has 0 aliphatic carbocycles. The molecule has 21 heavy (non-hydrogen) atoms. The van der Waals surface area contributed by atoms with E-state index in [2.05, 4.69) is 0 Å². The minimum absolute atomic E-state index is 0.188. The lowest BCUT2D eigenvalue weighted by molar-refractivity contribution is 0.600. The molecule has 1 atom stereocenters. The second-order valence-corrected chi connectivity index (χ2v) is 5.02. The predicted molar refractivity (Wildman–Crippen MR) is 82.4 cm³/mol. The van der Waals surface area contributed by atoms with E-state index in [4.69, 9.17) is 5.73 Å². The fourth-order valence-electron chi connectivity index (χ4n) is 2.63. The molecule has 0 fully saturated rings. The summed E-state index contributed by atoms with van der Waals surface area (Å²) in [5.41, 5.74) is 8.48. The third-order valence-corrected chi connectivity index (χ3v) is 3.68. The molecular weight excluding hydrogens is 270 g/mol. The van der Waals surface area contributed by atoms with Gasteiger partial charge in [0, 0.05) is 18.8 Å². The van der Waals surface area contributed by atoms with Gasteiger partial charge in [0.05, 0.1) is 6.04 Å². The van der Waals surface area contributed by atoms with Crippen molar-refractivity contribution in [1.29, 1.82) is 0 Å². The molecule has 2 aromatic carbocycles. The minimum Gasteiger partial charge on any atom is -0.363 e. The highest BCUT2D eigenvalue weighted by molar-refractivity contribution is 5.50. The number of hydrogen-bond acceptors (Lipinski definition) is 2. The Morgan fingerprint density at radius 2 is 1.81 bits per heavy atom. The van der Waals surface area contributed by atoms with Gasteiger partial charge in [-0.3, -0.25) is 0 Å². The first-order valence-corrected chi connectivity index (χ1v) is 7.05. The average molecular weight is 290 g/mol. The molecule has 4 heteroatoms. The van der Waals surface area contributed by atoms with Crippen molar-refractivity contribution in [2.75, 3.05) is 18.0 Å². The maximum Gasteiger partial charge on any atom is 0.125 e. The Morgan fingerprint density at radius 1 is 1.10 bits per heavy atom. The van der Waals surface area contributed by atoms with E-state index in [0.717, 1.165) is 16.8 Å². The highest BCUT2D eigenvalue weighted by Crippen LogP contribution is 2.29. The van der Waals surface area contributed by atoms with E-state index in [1.165, 1.54) is 24.3 Å². The number of likely N-dealkylation sites (N-methyl/N-ethyl adjacent to an activating group) is 1. The third-order valence-electron chi connectivity index (χ3n) is 3.68. The van der Waals surface area contributed by atoms with E-state index in [0.29, 0.717) is 13.1 Å². The second kappa shape index (κ2) is 6.68. The molecule has 0 bridgehead atoms. The van der Waals surface area contributed by atoms with Crippen molar-refractivity contribution in [2.45, 2.75) is 19.9 Å². The Kier molecular flexibility index (Phi) is 4.91. The van der Waals surface area contributed by atoms with Crippen LogP contribution in [0.5, 0.6) is 0 Å². The molecule has 112 valence electrons. The molecule has 2 nitrogen and oxygen atoms in total. The molecule has 0 radical (unpaired) electrons. The van der Waals surface area contributed by atoms with Crippen LogP contribution < -0.4 is 10.6 Å². The van der Waals surface area contributed by atoms with Crippen LogP contribution in [0.4, 0.5) is 14.5 Å². The maximum absolute atomic E-state index is 13.6. The summed E-state index contributed by atoms with van der Waals surface area (Å²) >= 11 is 0. The van der Waals surface area contributed by atoms with Crippen LogP contribution in [0.15, 0.2) is 42.5 Å². The van der Waals surface area contributed by atoms with Crippen molar-refractivity contribution >= 4 is 5.69 Å². The van der Waals surface area contributed by atoms with Crippen molar-refractivity contribution in [3.05, 3.63) is 65.2 Å². The third kappa shape index (κ3) is 3.39. The van der Waals surface area contributed by atoms with Gasteiger partial charge in [0.2, 0.25) is 0 Å². The lowest BCUT2D eigenvalue weighted by Gasteiger charge is -2.33. The molecule has 0 aromatic heterocycles. The van der Waals surface area contributed by atoms with Crippen molar-refractivity contribution in [2.24, 2.45) is 5.73 Å². The Balaban J connectivity index is 2.44. The van der Waals surface area contributed by atoms with Crippen LogP contribution in [0.25, 0.3) is 0 Å². The molecule has 0 aliphatic rings. The lowest BCUT2D eigenvalue weighted by atomic mass is 9.99. The van der Waals surface area contributed by atoms with E-state index >= 15 is 0 Å². The highest BCUT2D eigenvalue weighted by atomic mass is 19.1. The second-order valence-electron chi connectivity index (χ2n) is 5.02. The molecule has 0 heterocycles. The van der Waals surface area contributed by atoms with Crippen LogP contribution in [0.3, 0.4) is 0 Å². The predicted octanol–water partition coefficient (Wildman–Crippen LogP) is 3.80. The summed E-state index contributed by atoms with van der Waals surface area (Å²) < 4.78 is 27.0. The van der Waals surface area contributed by atoms with Crippen molar-refractivity contribution in [3.8, 4) is 0 Å². The van der Waals surface area contributed by atoms with Gasteiger partial charge in [-0.05, 0) is 55.3 Å². The Hall–Kier alpha value is -1.94. The van der Waals surface area contributed by atoms with E-state index in [-0.39, 0.29) is 17.7 Å². The largest absolute Gasteiger partial charge is 0.363 e. The number of aryl methyl sites for hydroxylation is 1. The fraction of sp³-hybridized carbons (Fsp3) is 0.294. The number of halogens is 2. The summed E-state index contributed by atoms with van der Waals surface area (Å²) in [4.78, 5) is 1.99. The van der Waals surface area contributed by atoms with Gasteiger partial charge in [-0.1, -0.05) is 12.1 Å². The topological polar surface area (TPSA) is 29.3 Å². The molecule has 0 spiro atoms. The van der Waals surface area contributed by atoms with Gasteiger partial charge in [-0.15, -0.1) is 0 Å². The highest BCUT2D eigenvalue weighted by Gasteiger charge is 2.20. The summed E-state index contributed by atoms with van der Waals surface area (Å²) in [6.07, 6.45) is 0. The SMILES string of the molecule is CCN(c1cccc(F)c1)C(CN)c1cc(F)ccc1C. The number of rotatable bonds is 5. The normalized spacial score (nSPS) is 12.2. The van der Waals surface area contributed by atoms with Crippen molar-refractivity contribution < 1.29 is 8.78 Å². The number of nitrogens with zero attached hydrogens (tertiary/aromatic N) is 1. The Labute approximate surface area is 124 Å². The summed E-state index contributed by atoms with van der Waals surface area (Å²) in [7, 11) is 0. The first-order chi connectivity index (χ1) is 10.1. The minimum atomic E-state index is -0.294. The van der Waals surface area contributed by atoms with Crippen LogP contribution in [-0.4, -0.2) is 13.1 Å². The maximum atomic E-state index is 13.6. The fourth-order valence-corrected chi connectivity index (χ4v) is 2.63. The van der Waals surface area contributed by atoms with E-state index in [1.54, 1.807) is 12.1 Å². The standard InChI is InChI=1S/C17H20F2N2/c1-3-21(15-6-4-5-13(18)9-15)17(11-20)16-10-14(19)8-7-12(16)2/h4-10,17H,3,11,20H2,1-2H3. The van der Waals surface area contributed by atoms with Crippen molar-refractivity contribution in [1.82, 2.24) is 0 Å². The van der Waals surface area contributed by atoms with Gasteiger partial charge < -0.3 is 10.6 Å². The van der Waals surface area contributed by atoms with E-state index in [1.807, 2.05) is 24.8 Å². The van der Waals surface area contributed by atoms with Gasteiger partial charge >= 0.3 is 0 Å². The molecule has 0 saturated carbocycles. The zero-order valence-corrected chi connectivity index (χ0v) is 12.3. The van der Waals surface area contributed by atoms with Crippen LogP contribution in [-0.2, 0) is 0 Å². The molecule has 0 aliphatic heterocycles. The van der Waals surface area contributed by atoms with Crippen LogP contribution >= 0.6 is 0 Å². The Morgan fingerprint density at radius 3 is 2.43 bits per heavy atom. The summed E-state index contributed by atoms with van der Waals surface area (Å²) in [6.45, 7) is 4.88. The molecule has 1 unspecified atom stereocenters. The van der Waals surface area contributed by atoms with Crippen LogP contribution in [0.1, 0.15) is 24.1 Å². The number of nitrogens with two attached hydrogens (primary N) is 1. The molecule has 2 N–H and O–H groups in total. The van der Waals surface area contributed by atoms with E-state index < -0.39 is 0 Å². The summed E-state index contributed by atoms with van der Waals surface area (Å²) in [6, 6.07) is 10.9. The van der Waals surface area contributed by atoms with Crippen LogP contribution in [0, 0.1) is 18.6 Å². The first kappa shape index (κ1) is 15.4. The smallest absolute Gasteiger partial charge is 0.125 e. The van der Waals surface area contributed by atoms with E-state index in [9.17, 15) is 8.78 Å². The van der Waals surface area contributed by atoms with Gasteiger partial charge in [-0.2, -0.15) is 0 Å². The van der Waals surface area contributed by atoms with Gasteiger partial charge in [-0.25, -0.2) is 8.78 Å². The monoisotopic (exact) mass is 290 g/mol. The first-order valence-electron chi connectivity index (χ1n) is 7.05. The molecule has 0 saturated heterocycles. The zero-order chi connectivity index (χ0) is 15.4. The molecule has 2 rings (SSSR count). The van der Waals surface area contributed by atoms with Crippen molar-refractivity contribution in [3.63, 3.8) is 0 Å². The Bertz CT molecular complexity index is 613. The molecule has 2 aromatic rings. The van der Waals surface area contributed by atoms with Gasteiger partial charge in [0.15, 0.2) is 0 Å². The average Bonchev–Trinajstić information content (AvgIpc) is 2.47. The quantitative estimate of drug-likeness (QED) is 0.907. The lowest BCUT2D eigenvalue weighted by Crippen LogP contribution is -2.34. The molecule has 0 amide bonds. The zero-order valence-electron chi connectivity index (χ0n) is 12.3. The van der Waals surface area contributed by atoms with Crippen LogP contribution in [0.2, 0.25) is 0 Å².